The SMILES string of the molecule is O=C(NCCn1c2ccccc2c2ccccc21)NC(CO)Cc1c[nH]c2ccccc12. The topological polar surface area (TPSA) is 82.1 Å². The first kappa shape index (κ1) is 20.2. The van der Waals surface area contributed by atoms with Gasteiger partial charge in [-0.05, 0) is 30.2 Å². The molecule has 4 N–H and O–H groups in total. The van der Waals surface area contributed by atoms with Gasteiger partial charge in [-0.1, -0.05) is 54.6 Å². The van der Waals surface area contributed by atoms with E-state index in [-0.39, 0.29) is 18.7 Å². The lowest BCUT2D eigenvalue weighted by Gasteiger charge is -2.17. The van der Waals surface area contributed by atoms with Crippen molar-refractivity contribution in [3.05, 3.63) is 84.6 Å². The Hall–Kier alpha value is -3.77. The molecule has 0 aliphatic heterocycles. The average molecular weight is 427 g/mol. The molecule has 0 saturated carbocycles. The Kier molecular flexibility index (Phi) is 5.52. The van der Waals surface area contributed by atoms with E-state index >= 15 is 0 Å². The molecule has 2 aromatic heterocycles. The lowest BCUT2D eigenvalue weighted by atomic mass is 10.1. The molecule has 2 amide bonds. The molecule has 0 spiro atoms. The number of urea groups is 1. The zero-order valence-corrected chi connectivity index (χ0v) is 17.7. The first-order valence-electron chi connectivity index (χ1n) is 10.9. The Bertz CT molecular complexity index is 1330. The number of amides is 2. The summed E-state index contributed by atoms with van der Waals surface area (Å²) in [5.74, 6) is 0. The van der Waals surface area contributed by atoms with Gasteiger partial charge in [-0.2, -0.15) is 0 Å². The number of carbonyl (C=O) groups excluding carboxylic acids is 1. The van der Waals surface area contributed by atoms with Gasteiger partial charge in [-0.3, -0.25) is 0 Å². The summed E-state index contributed by atoms with van der Waals surface area (Å²) in [5.41, 5.74) is 4.44. The maximum atomic E-state index is 12.5. The van der Waals surface area contributed by atoms with Gasteiger partial charge in [0, 0.05) is 52.0 Å². The van der Waals surface area contributed by atoms with Gasteiger partial charge in [0.05, 0.1) is 12.6 Å². The predicted octanol–water partition coefficient (Wildman–Crippen LogP) is 4.18. The smallest absolute Gasteiger partial charge is 0.315 e. The van der Waals surface area contributed by atoms with Crippen LogP contribution in [-0.2, 0) is 13.0 Å². The number of fused-ring (bicyclic) bond motifs is 4. The van der Waals surface area contributed by atoms with E-state index in [0.29, 0.717) is 19.5 Å². The summed E-state index contributed by atoms with van der Waals surface area (Å²) < 4.78 is 2.24. The van der Waals surface area contributed by atoms with E-state index in [1.165, 1.54) is 10.8 Å². The summed E-state index contributed by atoms with van der Waals surface area (Å²) in [6.45, 7) is 1.02. The Morgan fingerprint density at radius 3 is 2.22 bits per heavy atom. The summed E-state index contributed by atoms with van der Waals surface area (Å²) in [6, 6.07) is 24.0. The summed E-state index contributed by atoms with van der Waals surface area (Å²) in [4.78, 5) is 15.7. The number of aliphatic hydroxyl groups excluding tert-OH is 1. The molecule has 1 atom stereocenters. The Morgan fingerprint density at radius 2 is 1.53 bits per heavy atom. The minimum Gasteiger partial charge on any atom is -0.394 e. The van der Waals surface area contributed by atoms with Gasteiger partial charge in [0.15, 0.2) is 0 Å². The zero-order chi connectivity index (χ0) is 21.9. The molecule has 5 aromatic rings. The molecule has 3 aromatic carbocycles. The average Bonchev–Trinajstić information content (AvgIpc) is 3.38. The number of aliphatic hydroxyl groups is 1. The van der Waals surface area contributed by atoms with Gasteiger partial charge in [0.2, 0.25) is 0 Å². The van der Waals surface area contributed by atoms with Crippen molar-refractivity contribution < 1.29 is 9.90 Å². The molecule has 5 rings (SSSR count). The molecule has 162 valence electrons. The van der Waals surface area contributed by atoms with Crippen LogP contribution in [0.3, 0.4) is 0 Å². The number of benzene rings is 3. The molecule has 32 heavy (non-hydrogen) atoms. The number of hydrogen-bond donors (Lipinski definition) is 4. The van der Waals surface area contributed by atoms with Crippen LogP contribution in [0.4, 0.5) is 4.79 Å². The van der Waals surface area contributed by atoms with Gasteiger partial charge in [-0.25, -0.2) is 4.79 Å². The maximum absolute atomic E-state index is 12.5. The fourth-order valence-electron chi connectivity index (χ4n) is 4.49. The lowest BCUT2D eigenvalue weighted by molar-refractivity contribution is 0.216. The largest absolute Gasteiger partial charge is 0.394 e. The van der Waals surface area contributed by atoms with Crippen molar-refractivity contribution in [3.8, 4) is 0 Å². The number of para-hydroxylation sites is 3. The standard InChI is InChI=1S/C26H26N4O2/c31-17-19(15-18-16-28-23-10-4-1-7-20(18)23)29-26(32)27-13-14-30-24-11-5-2-8-21(24)22-9-3-6-12-25(22)30/h1-12,16,19,28,31H,13-15,17H2,(H2,27,29,32). The molecule has 0 radical (unpaired) electrons. The number of H-pyrrole nitrogens is 1. The van der Waals surface area contributed by atoms with E-state index in [9.17, 15) is 9.90 Å². The van der Waals surface area contributed by atoms with Crippen LogP contribution in [0.25, 0.3) is 32.7 Å². The summed E-state index contributed by atoms with van der Waals surface area (Å²) in [7, 11) is 0. The maximum Gasteiger partial charge on any atom is 0.315 e. The third-order valence-corrected chi connectivity index (χ3v) is 6.00. The van der Waals surface area contributed by atoms with Crippen LogP contribution in [0.5, 0.6) is 0 Å². The van der Waals surface area contributed by atoms with E-state index in [0.717, 1.165) is 27.5 Å². The van der Waals surface area contributed by atoms with Crippen LogP contribution in [-0.4, -0.2) is 39.9 Å². The third-order valence-electron chi connectivity index (χ3n) is 6.00. The molecular formula is C26H26N4O2. The summed E-state index contributed by atoms with van der Waals surface area (Å²) in [5, 5.41) is 19.2. The van der Waals surface area contributed by atoms with Gasteiger partial charge in [0.1, 0.15) is 0 Å². The zero-order valence-electron chi connectivity index (χ0n) is 17.7. The van der Waals surface area contributed by atoms with Gasteiger partial charge >= 0.3 is 6.03 Å². The second-order valence-electron chi connectivity index (χ2n) is 8.03. The van der Waals surface area contributed by atoms with Crippen molar-refractivity contribution in [2.75, 3.05) is 13.2 Å². The number of nitrogens with one attached hydrogen (secondary N) is 3. The first-order valence-corrected chi connectivity index (χ1v) is 10.9. The number of rotatable bonds is 7. The Morgan fingerprint density at radius 1 is 0.906 bits per heavy atom. The summed E-state index contributed by atoms with van der Waals surface area (Å²) >= 11 is 0. The quantitative estimate of drug-likeness (QED) is 0.315. The fourth-order valence-corrected chi connectivity index (χ4v) is 4.49. The van der Waals surface area contributed by atoms with Crippen LogP contribution < -0.4 is 10.6 Å². The van der Waals surface area contributed by atoms with E-state index in [2.05, 4.69) is 44.5 Å². The molecular weight excluding hydrogens is 400 g/mol. The van der Waals surface area contributed by atoms with Crippen LogP contribution in [0.15, 0.2) is 79.0 Å². The minimum atomic E-state index is -0.359. The molecule has 0 aliphatic rings. The normalized spacial score (nSPS) is 12.4. The number of nitrogens with zero attached hydrogens (tertiary/aromatic N) is 1. The van der Waals surface area contributed by atoms with Gasteiger partial charge in [-0.15, -0.1) is 0 Å². The predicted molar refractivity (Wildman–Crippen MR) is 129 cm³/mol. The van der Waals surface area contributed by atoms with Crippen molar-refractivity contribution >= 4 is 38.7 Å². The van der Waals surface area contributed by atoms with Gasteiger partial charge in [0.25, 0.3) is 0 Å². The molecule has 2 heterocycles. The minimum absolute atomic E-state index is 0.125. The van der Waals surface area contributed by atoms with Gasteiger partial charge < -0.3 is 25.3 Å². The molecule has 0 bridgehead atoms. The summed E-state index contributed by atoms with van der Waals surface area (Å²) in [6.07, 6.45) is 2.50. The highest BCUT2D eigenvalue weighted by Gasteiger charge is 2.15. The van der Waals surface area contributed by atoms with E-state index < -0.39 is 0 Å². The number of aromatic nitrogens is 2. The highest BCUT2D eigenvalue weighted by Crippen LogP contribution is 2.28. The molecule has 6 nitrogen and oxygen atoms in total. The fraction of sp³-hybridized carbons (Fsp3) is 0.192. The van der Waals surface area contributed by atoms with Crippen molar-refractivity contribution in [2.24, 2.45) is 0 Å². The highest BCUT2D eigenvalue weighted by atomic mass is 16.3. The van der Waals surface area contributed by atoms with Crippen molar-refractivity contribution in [2.45, 2.75) is 19.0 Å². The monoisotopic (exact) mass is 426 g/mol. The van der Waals surface area contributed by atoms with E-state index in [1.54, 1.807) is 0 Å². The first-order chi connectivity index (χ1) is 15.7. The molecule has 1 unspecified atom stereocenters. The second-order valence-corrected chi connectivity index (χ2v) is 8.03. The van der Waals surface area contributed by atoms with Crippen LogP contribution >= 0.6 is 0 Å². The van der Waals surface area contributed by atoms with Crippen molar-refractivity contribution in [1.29, 1.82) is 0 Å². The highest BCUT2D eigenvalue weighted by molar-refractivity contribution is 6.07. The molecule has 0 aliphatic carbocycles. The lowest BCUT2D eigenvalue weighted by Crippen LogP contribution is -2.45. The van der Waals surface area contributed by atoms with Crippen LogP contribution in [0.1, 0.15) is 5.56 Å². The Labute approximate surface area is 185 Å². The Balaban J connectivity index is 1.23. The van der Waals surface area contributed by atoms with Crippen LogP contribution in [0, 0.1) is 0 Å². The molecule has 0 fully saturated rings. The second kappa shape index (κ2) is 8.77. The number of carbonyl (C=O) groups is 1. The van der Waals surface area contributed by atoms with E-state index in [4.69, 9.17) is 0 Å². The number of hydrogen-bond acceptors (Lipinski definition) is 2. The molecule has 6 heteroatoms. The van der Waals surface area contributed by atoms with Crippen molar-refractivity contribution in [3.63, 3.8) is 0 Å². The van der Waals surface area contributed by atoms with Crippen molar-refractivity contribution in [1.82, 2.24) is 20.2 Å². The molecule has 0 saturated heterocycles. The van der Waals surface area contributed by atoms with Crippen LogP contribution in [0.2, 0.25) is 0 Å². The van der Waals surface area contributed by atoms with E-state index in [1.807, 2.05) is 54.7 Å². The third kappa shape index (κ3) is 3.81. The number of aromatic amines is 1.